The lowest BCUT2D eigenvalue weighted by atomic mass is 9.46. The predicted octanol–water partition coefficient (Wildman–Crippen LogP) is -0.671. The topological polar surface area (TPSA) is 276 Å². The van der Waals surface area contributed by atoms with Crippen molar-refractivity contribution >= 4 is 0 Å². The Labute approximate surface area is 368 Å². The molecule has 0 aromatic rings. The highest BCUT2D eigenvalue weighted by Gasteiger charge is 2.76. The third-order valence-electron chi connectivity index (χ3n) is 17.9. The molecule has 3 saturated carbocycles. The van der Waals surface area contributed by atoms with Crippen LogP contribution in [0.4, 0.5) is 0 Å². The number of hydrogen-bond donors (Lipinski definition) is 10. The summed E-state index contributed by atoms with van der Waals surface area (Å²) in [5.74, 6) is 0.580. The quantitative estimate of drug-likeness (QED) is 0.135. The maximum absolute atomic E-state index is 12.8. The summed E-state index contributed by atoms with van der Waals surface area (Å²) in [4.78, 5) is 0. The lowest BCUT2D eigenvalue weighted by Crippen LogP contribution is -2.67. The number of allylic oxidation sites excluding steroid dienone is 1. The Hall–Kier alpha value is -0.980. The summed E-state index contributed by atoms with van der Waals surface area (Å²) in [6, 6.07) is 0. The number of hydrogen-bond acceptors (Lipinski definition) is 18. The Morgan fingerprint density at radius 3 is 2.02 bits per heavy atom. The van der Waals surface area contributed by atoms with Gasteiger partial charge in [0.25, 0.3) is 0 Å². The third-order valence-corrected chi connectivity index (χ3v) is 17.9. The van der Waals surface area contributed by atoms with Gasteiger partial charge in [-0.25, -0.2) is 0 Å². The van der Waals surface area contributed by atoms with Crippen LogP contribution in [0.1, 0.15) is 92.4 Å². The molecule has 0 aromatic heterocycles. The maximum Gasteiger partial charge on any atom is 0.187 e. The normalized spacial score (nSPS) is 58.1. The molecule has 5 aliphatic heterocycles. The molecule has 10 N–H and O–H groups in total. The van der Waals surface area contributed by atoms with E-state index in [0.29, 0.717) is 37.2 Å². The summed E-state index contributed by atoms with van der Waals surface area (Å²) in [6.45, 7) is 9.64. The van der Waals surface area contributed by atoms with Crippen molar-refractivity contribution in [2.75, 3.05) is 19.8 Å². The standard InChI is InChI=1S/C45H72O18/c1-19-8-13-44(56-18-19)21(3)45(55)29(63-44)15-26-24-7-6-22-14-23(9-11-42(22,4)25(24)10-12-43(26,45)5)58-41-38(62-39-35(53)33(51)30(48)20(2)57-39)37(32(50)28(17-47)60-41)61-40-36(54)34(52)31(49)27(16-46)59-40/h6,19-21,23-41,46-55H,7-18H2,1-5H3. The summed E-state index contributed by atoms with van der Waals surface area (Å²) in [7, 11) is 0. The summed E-state index contributed by atoms with van der Waals surface area (Å²) < 4.78 is 50.0. The van der Waals surface area contributed by atoms with Crippen LogP contribution in [0.5, 0.6) is 0 Å². The molecule has 8 fully saturated rings. The number of aliphatic hydroxyl groups is 10. The second-order valence-electron chi connectivity index (χ2n) is 21.2. The first-order chi connectivity index (χ1) is 29.8. The largest absolute Gasteiger partial charge is 0.394 e. The van der Waals surface area contributed by atoms with Gasteiger partial charge in [0.1, 0.15) is 72.7 Å². The van der Waals surface area contributed by atoms with E-state index in [1.807, 2.05) is 0 Å². The molecule has 0 bridgehead atoms. The van der Waals surface area contributed by atoms with E-state index in [9.17, 15) is 51.1 Å². The number of fused-ring (bicyclic) bond motifs is 7. The molecule has 18 heteroatoms. The van der Waals surface area contributed by atoms with Gasteiger partial charge in [0, 0.05) is 17.8 Å². The zero-order chi connectivity index (χ0) is 45.1. The van der Waals surface area contributed by atoms with Crippen molar-refractivity contribution in [3.8, 4) is 0 Å². The van der Waals surface area contributed by atoms with E-state index in [2.05, 4.69) is 33.8 Å². The average Bonchev–Trinajstić information content (AvgIpc) is 3.62. The minimum atomic E-state index is -1.86. The molecule has 0 aromatic carbocycles. The van der Waals surface area contributed by atoms with Gasteiger partial charge < -0.3 is 89.0 Å². The molecule has 5 heterocycles. The Morgan fingerprint density at radius 2 is 1.33 bits per heavy atom. The van der Waals surface area contributed by atoms with Crippen LogP contribution in [0.15, 0.2) is 11.6 Å². The minimum Gasteiger partial charge on any atom is -0.394 e. The van der Waals surface area contributed by atoms with E-state index in [4.69, 9.17) is 37.9 Å². The van der Waals surface area contributed by atoms with Crippen molar-refractivity contribution in [3.05, 3.63) is 11.6 Å². The summed E-state index contributed by atoms with van der Waals surface area (Å²) in [5, 5.41) is 109. The monoisotopic (exact) mass is 900 g/mol. The fraction of sp³-hybridized carbons (Fsp3) is 0.956. The van der Waals surface area contributed by atoms with Crippen molar-refractivity contribution in [1.82, 2.24) is 0 Å². The van der Waals surface area contributed by atoms with E-state index < -0.39 is 123 Å². The van der Waals surface area contributed by atoms with Crippen LogP contribution in [0.25, 0.3) is 0 Å². The molecule has 5 saturated heterocycles. The zero-order valence-electron chi connectivity index (χ0n) is 37.0. The van der Waals surface area contributed by atoms with Gasteiger partial charge in [-0.3, -0.25) is 0 Å². The molecular formula is C45H72O18. The van der Waals surface area contributed by atoms with Gasteiger partial charge in [0.2, 0.25) is 0 Å². The molecule has 0 radical (unpaired) electrons. The highest BCUT2D eigenvalue weighted by atomic mass is 16.8. The fourth-order valence-electron chi connectivity index (χ4n) is 13.9. The number of ether oxygens (including phenoxy) is 8. The van der Waals surface area contributed by atoms with Gasteiger partial charge in [0.05, 0.1) is 38.1 Å². The van der Waals surface area contributed by atoms with Gasteiger partial charge >= 0.3 is 0 Å². The Bertz CT molecular complexity index is 1660. The molecule has 360 valence electrons. The van der Waals surface area contributed by atoms with Crippen LogP contribution < -0.4 is 0 Å². The lowest BCUT2D eigenvalue weighted by Gasteiger charge is -2.60. The fourth-order valence-corrected chi connectivity index (χ4v) is 13.9. The Kier molecular flexibility index (Phi) is 12.9. The molecular weight excluding hydrogens is 828 g/mol. The van der Waals surface area contributed by atoms with Crippen molar-refractivity contribution < 1.29 is 89.0 Å². The molecule has 9 aliphatic rings. The van der Waals surface area contributed by atoms with Gasteiger partial charge in [-0.1, -0.05) is 39.3 Å². The molecule has 0 amide bonds. The van der Waals surface area contributed by atoms with Gasteiger partial charge in [0.15, 0.2) is 24.7 Å². The van der Waals surface area contributed by atoms with Gasteiger partial charge in [-0.05, 0) is 87.4 Å². The van der Waals surface area contributed by atoms with E-state index in [1.165, 1.54) is 12.5 Å². The second-order valence-corrected chi connectivity index (χ2v) is 21.2. The molecule has 1 spiro atoms. The maximum atomic E-state index is 12.8. The van der Waals surface area contributed by atoms with Crippen LogP contribution in [-0.2, 0) is 37.9 Å². The molecule has 26 unspecified atom stereocenters. The minimum absolute atomic E-state index is 0.143. The van der Waals surface area contributed by atoms with Crippen LogP contribution in [0.3, 0.4) is 0 Å². The van der Waals surface area contributed by atoms with Crippen molar-refractivity contribution in [1.29, 1.82) is 0 Å². The first-order valence-electron chi connectivity index (χ1n) is 23.5. The highest BCUT2D eigenvalue weighted by molar-refractivity contribution is 5.29. The van der Waals surface area contributed by atoms with Gasteiger partial charge in [-0.15, -0.1) is 0 Å². The van der Waals surface area contributed by atoms with Crippen LogP contribution in [0.2, 0.25) is 0 Å². The summed E-state index contributed by atoms with van der Waals surface area (Å²) in [6.07, 6.45) is -14.6. The molecule has 63 heavy (non-hydrogen) atoms. The zero-order valence-corrected chi connectivity index (χ0v) is 37.0. The van der Waals surface area contributed by atoms with Gasteiger partial charge in [-0.2, -0.15) is 0 Å². The SMILES string of the molecule is CC1CCC2(OC1)OC1CC3C4CC=C5CC(OC6OC(CO)C(O)C(OC7OC(CO)C(O)C(O)C7O)C6OC6OC(C)C(O)C(O)C6O)CCC5(C)C4CCC3(C)C1(O)C2C. The van der Waals surface area contributed by atoms with E-state index >= 15 is 0 Å². The van der Waals surface area contributed by atoms with Crippen LogP contribution in [0, 0.1) is 40.4 Å². The number of rotatable bonds is 8. The van der Waals surface area contributed by atoms with E-state index in [1.54, 1.807) is 0 Å². The Balaban J connectivity index is 0.948. The smallest absolute Gasteiger partial charge is 0.187 e. The first-order valence-corrected chi connectivity index (χ1v) is 23.5. The molecule has 18 nitrogen and oxygen atoms in total. The molecule has 4 aliphatic carbocycles. The molecule has 26 atom stereocenters. The van der Waals surface area contributed by atoms with Crippen LogP contribution >= 0.6 is 0 Å². The lowest BCUT2D eigenvalue weighted by molar-refractivity contribution is -0.394. The summed E-state index contributed by atoms with van der Waals surface area (Å²) >= 11 is 0. The van der Waals surface area contributed by atoms with E-state index in [0.717, 1.165) is 44.9 Å². The predicted molar refractivity (Wildman–Crippen MR) is 216 cm³/mol. The summed E-state index contributed by atoms with van der Waals surface area (Å²) in [5.41, 5.74) is -0.202. The van der Waals surface area contributed by atoms with Crippen molar-refractivity contribution in [3.63, 3.8) is 0 Å². The number of aliphatic hydroxyl groups excluding tert-OH is 9. The average molecular weight is 901 g/mol. The Morgan fingerprint density at radius 1 is 0.683 bits per heavy atom. The van der Waals surface area contributed by atoms with Crippen molar-refractivity contribution in [2.45, 2.75) is 208 Å². The third kappa shape index (κ3) is 7.35. The second kappa shape index (κ2) is 17.2. The van der Waals surface area contributed by atoms with E-state index in [-0.39, 0.29) is 28.8 Å². The van der Waals surface area contributed by atoms with Crippen molar-refractivity contribution in [2.24, 2.45) is 40.4 Å². The first kappa shape index (κ1) is 47.1. The molecule has 9 rings (SSSR count). The highest BCUT2D eigenvalue weighted by Crippen LogP contribution is 2.72. The van der Waals surface area contributed by atoms with Crippen LogP contribution in [-0.4, -0.2) is 187 Å².